The highest BCUT2D eigenvalue weighted by Crippen LogP contribution is 2.16. The summed E-state index contributed by atoms with van der Waals surface area (Å²) in [6.07, 6.45) is 0.737. The van der Waals surface area contributed by atoms with Crippen molar-refractivity contribution in [1.29, 1.82) is 0 Å². The Morgan fingerprint density at radius 3 is 2.87 bits per heavy atom. The molecule has 1 aliphatic rings. The predicted molar refractivity (Wildman–Crippen MR) is 90.5 cm³/mol. The smallest absolute Gasteiger partial charge is 0.237 e. The van der Waals surface area contributed by atoms with E-state index in [1.54, 1.807) is 0 Å². The molecule has 23 heavy (non-hydrogen) atoms. The number of benzene rings is 2. The molecular weight excluding hydrogens is 288 g/mol. The van der Waals surface area contributed by atoms with Gasteiger partial charge in [0.15, 0.2) is 0 Å². The zero-order chi connectivity index (χ0) is 16.1. The van der Waals surface area contributed by atoms with Crippen molar-refractivity contribution in [3.05, 3.63) is 65.2 Å². The summed E-state index contributed by atoms with van der Waals surface area (Å²) in [5, 5.41) is 6.23. The van der Waals surface area contributed by atoms with Gasteiger partial charge in [0.05, 0.1) is 12.6 Å². The fourth-order valence-electron chi connectivity index (χ4n) is 2.81. The molecule has 1 heterocycles. The molecule has 2 aromatic carbocycles. The van der Waals surface area contributed by atoms with Gasteiger partial charge in [0, 0.05) is 6.54 Å². The molecule has 0 radical (unpaired) electrons. The van der Waals surface area contributed by atoms with Gasteiger partial charge in [0.2, 0.25) is 5.91 Å². The molecule has 2 aromatic rings. The minimum atomic E-state index is -0.163. The highest BCUT2D eigenvalue weighted by atomic mass is 16.5. The number of hydrogen-bond donors (Lipinski definition) is 2. The molecule has 4 heteroatoms. The van der Waals surface area contributed by atoms with Crippen molar-refractivity contribution in [3.8, 4) is 5.75 Å². The predicted octanol–water partition coefficient (Wildman–Crippen LogP) is 2.20. The van der Waals surface area contributed by atoms with Crippen LogP contribution in [0.4, 0.5) is 0 Å². The first-order chi connectivity index (χ1) is 11.2. The SMILES string of the molecule is Cc1cccc(OCCNC(=O)C2Cc3ccccc3CN2)c1. The van der Waals surface area contributed by atoms with Gasteiger partial charge >= 0.3 is 0 Å². The van der Waals surface area contributed by atoms with E-state index in [4.69, 9.17) is 4.74 Å². The van der Waals surface area contributed by atoms with Crippen molar-refractivity contribution >= 4 is 5.91 Å². The monoisotopic (exact) mass is 310 g/mol. The van der Waals surface area contributed by atoms with Gasteiger partial charge in [-0.1, -0.05) is 36.4 Å². The van der Waals surface area contributed by atoms with Gasteiger partial charge in [-0.15, -0.1) is 0 Å². The van der Waals surface area contributed by atoms with Crippen molar-refractivity contribution in [2.75, 3.05) is 13.2 Å². The maximum atomic E-state index is 12.2. The molecule has 3 rings (SSSR count). The Bertz CT molecular complexity index is 685. The van der Waals surface area contributed by atoms with Crippen molar-refractivity contribution < 1.29 is 9.53 Å². The van der Waals surface area contributed by atoms with Gasteiger partial charge in [-0.2, -0.15) is 0 Å². The molecule has 4 nitrogen and oxygen atoms in total. The Hall–Kier alpha value is -2.33. The Kier molecular flexibility index (Phi) is 4.93. The molecule has 1 aliphatic heterocycles. The molecule has 120 valence electrons. The van der Waals surface area contributed by atoms with Gasteiger partial charge in [-0.3, -0.25) is 4.79 Å². The van der Waals surface area contributed by atoms with Crippen LogP contribution in [0.3, 0.4) is 0 Å². The number of carbonyl (C=O) groups excluding carboxylic acids is 1. The van der Waals surface area contributed by atoms with E-state index in [0.29, 0.717) is 13.2 Å². The number of carbonyl (C=O) groups is 1. The molecule has 0 aromatic heterocycles. The Labute approximate surface area is 136 Å². The second-order valence-corrected chi connectivity index (χ2v) is 5.86. The van der Waals surface area contributed by atoms with E-state index in [9.17, 15) is 4.79 Å². The van der Waals surface area contributed by atoms with E-state index >= 15 is 0 Å². The zero-order valence-electron chi connectivity index (χ0n) is 13.3. The van der Waals surface area contributed by atoms with E-state index in [1.165, 1.54) is 11.1 Å². The van der Waals surface area contributed by atoms with Crippen LogP contribution in [0.1, 0.15) is 16.7 Å². The summed E-state index contributed by atoms with van der Waals surface area (Å²) in [5.41, 5.74) is 3.69. The fourth-order valence-corrected chi connectivity index (χ4v) is 2.81. The standard InChI is InChI=1S/C19H22N2O2/c1-14-5-4-8-17(11-14)23-10-9-20-19(22)18-12-15-6-2-3-7-16(15)13-21-18/h2-8,11,18,21H,9-10,12-13H2,1H3,(H,20,22). The first-order valence-electron chi connectivity index (χ1n) is 8.00. The Balaban J connectivity index is 1.43. The van der Waals surface area contributed by atoms with E-state index in [0.717, 1.165) is 24.3 Å². The average Bonchev–Trinajstić information content (AvgIpc) is 2.58. The van der Waals surface area contributed by atoms with Gasteiger partial charge in [-0.25, -0.2) is 0 Å². The first kappa shape index (κ1) is 15.6. The van der Waals surface area contributed by atoms with Crippen LogP contribution in [0.2, 0.25) is 0 Å². The first-order valence-corrected chi connectivity index (χ1v) is 8.00. The van der Waals surface area contributed by atoms with E-state index < -0.39 is 0 Å². The average molecular weight is 310 g/mol. The van der Waals surface area contributed by atoms with Crippen molar-refractivity contribution in [2.24, 2.45) is 0 Å². The summed E-state index contributed by atoms with van der Waals surface area (Å²) in [6.45, 7) is 3.75. The van der Waals surface area contributed by atoms with Gasteiger partial charge in [0.1, 0.15) is 12.4 Å². The quantitative estimate of drug-likeness (QED) is 0.833. The fraction of sp³-hybridized carbons (Fsp3) is 0.316. The van der Waals surface area contributed by atoms with Crippen LogP contribution in [0, 0.1) is 6.92 Å². The number of hydrogen-bond acceptors (Lipinski definition) is 3. The summed E-state index contributed by atoms with van der Waals surface area (Å²) >= 11 is 0. The number of aryl methyl sites for hydroxylation is 1. The number of amides is 1. The van der Waals surface area contributed by atoms with Crippen LogP contribution in [0.25, 0.3) is 0 Å². The van der Waals surface area contributed by atoms with Crippen LogP contribution in [0.15, 0.2) is 48.5 Å². The maximum absolute atomic E-state index is 12.2. The molecule has 1 amide bonds. The number of ether oxygens (including phenoxy) is 1. The normalized spacial score (nSPS) is 16.5. The van der Waals surface area contributed by atoms with Crippen molar-refractivity contribution in [1.82, 2.24) is 10.6 Å². The topological polar surface area (TPSA) is 50.4 Å². The summed E-state index contributed by atoms with van der Waals surface area (Å²) < 4.78 is 5.65. The molecule has 0 saturated carbocycles. The molecule has 0 aliphatic carbocycles. The summed E-state index contributed by atoms with van der Waals surface area (Å²) in [7, 11) is 0. The minimum absolute atomic E-state index is 0.0346. The van der Waals surface area contributed by atoms with E-state index in [-0.39, 0.29) is 11.9 Å². The van der Waals surface area contributed by atoms with Crippen molar-refractivity contribution in [3.63, 3.8) is 0 Å². The second kappa shape index (κ2) is 7.29. The van der Waals surface area contributed by atoms with Crippen LogP contribution in [0.5, 0.6) is 5.75 Å². The summed E-state index contributed by atoms with van der Waals surface area (Å²) in [5.74, 6) is 0.872. The molecule has 0 bridgehead atoms. The van der Waals surface area contributed by atoms with Crippen molar-refractivity contribution in [2.45, 2.75) is 25.9 Å². The zero-order valence-corrected chi connectivity index (χ0v) is 13.3. The van der Waals surface area contributed by atoms with Crippen LogP contribution in [-0.4, -0.2) is 25.1 Å². The van der Waals surface area contributed by atoms with Gasteiger partial charge in [0.25, 0.3) is 0 Å². The van der Waals surface area contributed by atoms with Crippen LogP contribution in [-0.2, 0) is 17.8 Å². The lowest BCUT2D eigenvalue weighted by Gasteiger charge is -2.25. The lowest BCUT2D eigenvalue weighted by atomic mass is 9.95. The number of fused-ring (bicyclic) bond motifs is 1. The summed E-state index contributed by atoms with van der Waals surface area (Å²) in [4.78, 5) is 12.2. The molecule has 0 spiro atoms. The third-order valence-electron chi connectivity index (χ3n) is 4.06. The van der Waals surface area contributed by atoms with E-state index in [1.807, 2.05) is 43.3 Å². The molecular formula is C19H22N2O2. The lowest BCUT2D eigenvalue weighted by molar-refractivity contribution is -0.123. The highest BCUT2D eigenvalue weighted by Gasteiger charge is 2.23. The number of nitrogens with one attached hydrogen (secondary N) is 2. The molecule has 1 unspecified atom stereocenters. The molecule has 1 atom stereocenters. The third-order valence-corrected chi connectivity index (χ3v) is 4.06. The van der Waals surface area contributed by atoms with E-state index in [2.05, 4.69) is 22.8 Å². The highest BCUT2D eigenvalue weighted by molar-refractivity contribution is 5.82. The number of rotatable bonds is 5. The molecule has 0 saturated heterocycles. The third kappa shape index (κ3) is 4.11. The minimum Gasteiger partial charge on any atom is -0.492 e. The second-order valence-electron chi connectivity index (χ2n) is 5.86. The van der Waals surface area contributed by atoms with Crippen LogP contribution < -0.4 is 15.4 Å². The molecule has 2 N–H and O–H groups in total. The summed E-state index contributed by atoms with van der Waals surface area (Å²) in [6, 6.07) is 16.0. The van der Waals surface area contributed by atoms with Gasteiger partial charge in [-0.05, 0) is 42.2 Å². The lowest BCUT2D eigenvalue weighted by Crippen LogP contribution is -2.48. The largest absolute Gasteiger partial charge is 0.492 e. The van der Waals surface area contributed by atoms with Crippen LogP contribution >= 0.6 is 0 Å². The van der Waals surface area contributed by atoms with Gasteiger partial charge < -0.3 is 15.4 Å². The molecule has 0 fully saturated rings. The Morgan fingerprint density at radius 2 is 2.04 bits per heavy atom. The Morgan fingerprint density at radius 1 is 1.22 bits per heavy atom. The maximum Gasteiger partial charge on any atom is 0.237 e.